The highest BCUT2D eigenvalue weighted by molar-refractivity contribution is 5.82. The summed E-state index contributed by atoms with van der Waals surface area (Å²) in [5.41, 5.74) is -0.437. The van der Waals surface area contributed by atoms with Gasteiger partial charge in [-0.3, -0.25) is 4.79 Å². The molecule has 0 spiro atoms. The van der Waals surface area contributed by atoms with Crippen LogP contribution in [0.25, 0.3) is 0 Å². The maximum absolute atomic E-state index is 11.8. The second-order valence-electron chi connectivity index (χ2n) is 6.58. The van der Waals surface area contributed by atoms with E-state index in [1.165, 1.54) is 0 Å². The fourth-order valence-corrected chi connectivity index (χ4v) is 0.659. The molecule has 0 heterocycles. The third-order valence-corrected chi connectivity index (χ3v) is 2.98. The molecule has 0 aliphatic heterocycles. The van der Waals surface area contributed by atoms with E-state index in [1.54, 1.807) is 0 Å². The molecule has 0 atom stereocenters. The van der Waals surface area contributed by atoms with Crippen LogP contribution in [-0.2, 0) is 4.79 Å². The molecule has 0 aliphatic rings. The van der Waals surface area contributed by atoms with E-state index in [-0.39, 0.29) is 22.3 Å². The average molecular weight is 199 g/mol. The Morgan fingerprint density at radius 2 is 1.21 bits per heavy atom. The van der Waals surface area contributed by atoms with E-state index in [2.05, 4.69) is 39.9 Å². The van der Waals surface area contributed by atoms with Crippen LogP contribution in [0.3, 0.4) is 0 Å². The summed E-state index contributed by atoms with van der Waals surface area (Å²) >= 11 is 0. The standard InChI is InChI=1S/C12H25NO/c1-10(2,3)9(14)13-12(7,8)11(4,5)6/h1-8H3,(H,13,14). The molecular formula is C12H25NO. The van der Waals surface area contributed by atoms with Crippen LogP contribution in [0.2, 0.25) is 0 Å². The lowest BCUT2D eigenvalue weighted by Gasteiger charge is -2.41. The molecule has 0 bridgehead atoms. The highest BCUT2D eigenvalue weighted by atomic mass is 16.2. The van der Waals surface area contributed by atoms with E-state index in [0.717, 1.165) is 0 Å². The molecule has 1 N–H and O–H groups in total. The third kappa shape index (κ3) is 3.32. The highest BCUT2D eigenvalue weighted by Crippen LogP contribution is 2.30. The fourth-order valence-electron chi connectivity index (χ4n) is 0.659. The van der Waals surface area contributed by atoms with Crippen molar-refractivity contribution in [1.29, 1.82) is 0 Å². The van der Waals surface area contributed by atoms with Crippen LogP contribution in [0.5, 0.6) is 0 Å². The van der Waals surface area contributed by atoms with Gasteiger partial charge < -0.3 is 5.32 Å². The van der Waals surface area contributed by atoms with Crippen LogP contribution >= 0.6 is 0 Å². The number of hydrogen-bond donors (Lipinski definition) is 1. The lowest BCUT2D eigenvalue weighted by molar-refractivity contribution is -0.131. The third-order valence-electron chi connectivity index (χ3n) is 2.98. The largest absolute Gasteiger partial charge is 0.350 e. The Morgan fingerprint density at radius 1 is 0.857 bits per heavy atom. The first-order valence-electron chi connectivity index (χ1n) is 5.20. The fraction of sp³-hybridized carbons (Fsp3) is 0.917. The van der Waals surface area contributed by atoms with Gasteiger partial charge >= 0.3 is 0 Å². The van der Waals surface area contributed by atoms with E-state index >= 15 is 0 Å². The summed E-state index contributed by atoms with van der Waals surface area (Å²) in [5.74, 6) is 0.109. The Hall–Kier alpha value is -0.530. The Morgan fingerprint density at radius 3 is 1.43 bits per heavy atom. The van der Waals surface area contributed by atoms with Crippen LogP contribution in [0.1, 0.15) is 55.4 Å². The normalized spacial score (nSPS) is 14.0. The summed E-state index contributed by atoms with van der Waals surface area (Å²) in [6.45, 7) is 16.3. The first-order chi connectivity index (χ1) is 5.88. The van der Waals surface area contributed by atoms with E-state index in [1.807, 2.05) is 20.8 Å². The number of rotatable bonds is 1. The van der Waals surface area contributed by atoms with Crippen molar-refractivity contribution in [3.8, 4) is 0 Å². The number of carbonyl (C=O) groups is 1. The average Bonchev–Trinajstić information content (AvgIpc) is 1.80. The molecule has 0 unspecified atom stereocenters. The van der Waals surface area contributed by atoms with E-state index in [9.17, 15) is 4.79 Å². The maximum atomic E-state index is 11.8. The first kappa shape index (κ1) is 13.5. The quantitative estimate of drug-likeness (QED) is 0.691. The van der Waals surface area contributed by atoms with Crippen molar-refractivity contribution < 1.29 is 4.79 Å². The van der Waals surface area contributed by atoms with Crippen LogP contribution in [0.4, 0.5) is 0 Å². The first-order valence-corrected chi connectivity index (χ1v) is 5.20. The lowest BCUT2D eigenvalue weighted by Crippen LogP contribution is -2.55. The molecule has 0 fully saturated rings. The molecule has 1 amide bonds. The van der Waals surface area contributed by atoms with Gasteiger partial charge in [0.05, 0.1) is 0 Å². The topological polar surface area (TPSA) is 29.1 Å². The molecule has 84 valence electrons. The van der Waals surface area contributed by atoms with Crippen molar-refractivity contribution in [2.45, 2.75) is 60.9 Å². The van der Waals surface area contributed by atoms with Crippen molar-refractivity contribution in [1.82, 2.24) is 5.32 Å². The summed E-state index contributed by atoms with van der Waals surface area (Å²) in [4.78, 5) is 11.8. The van der Waals surface area contributed by atoms with Gasteiger partial charge in [-0.1, -0.05) is 41.5 Å². The van der Waals surface area contributed by atoms with E-state index in [0.29, 0.717) is 0 Å². The molecule has 0 radical (unpaired) electrons. The Kier molecular flexibility index (Phi) is 3.42. The van der Waals surface area contributed by atoms with Crippen molar-refractivity contribution in [3.05, 3.63) is 0 Å². The minimum absolute atomic E-state index is 0.0634. The van der Waals surface area contributed by atoms with Crippen LogP contribution in [-0.4, -0.2) is 11.4 Å². The molecule has 0 aromatic rings. The smallest absolute Gasteiger partial charge is 0.225 e. The molecule has 0 rings (SSSR count). The predicted octanol–water partition coefficient (Wildman–Crippen LogP) is 2.97. The van der Waals surface area contributed by atoms with Gasteiger partial charge in [0, 0.05) is 11.0 Å². The monoisotopic (exact) mass is 199 g/mol. The Balaban J connectivity index is 4.62. The summed E-state index contributed by atoms with van der Waals surface area (Å²) in [6, 6.07) is 0. The number of nitrogens with one attached hydrogen (secondary N) is 1. The Labute approximate surface area is 88.5 Å². The predicted molar refractivity (Wildman–Crippen MR) is 61.1 cm³/mol. The van der Waals surface area contributed by atoms with E-state index in [4.69, 9.17) is 0 Å². The molecule has 14 heavy (non-hydrogen) atoms. The van der Waals surface area contributed by atoms with Crippen LogP contribution in [0, 0.1) is 10.8 Å². The van der Waals surface area contributed by atoms with Gasteiger partial charge in [0.15, 0.2) is 0 Å². The zero-order valence-corrected chi connectivity index (χ0v) is 10.9. The molecule has 0 aromatic heterocycles. The second kappa shape index (κ2) is 3.56. The number of amides is 1. The van der Waals surface area contributed by atoms with Crippen molar-refractivity contribution >= 4 is 5.91 Å². The Bertz CT molecular complexity index is 215. The molecule has 0 aliphatic carbocycles. The van der Waals surface area contributed by atoms with Gasteiger partial charge in [0.2, 0.25) is 5.91 Å². The maximum Gasteiger partial charge on any atom is 0.225 e. The summed E-state index contributed by atoms with van der Waals surface area (Å²) in [7, 11) is 0. The molecule has 2 heteroatoms. The molecule has 0 aromatic carbocycles. The summed E-state index contributed by atoms with van der Waals surface area (Å²) in [5, 5.41) is 3.10. The molecular weight excluding hydrogens is 174 g/mol. The van der Waals surface area contributed by atoms with Crippen molar-refractivity contribution in [2.24, 2.45) is 10.8 Å². The van der Waals surface area contributed by atoms with Crippen molar-refractivity contribution in [3.63, 3.8) is 0 Å². The van der Waals surface area contributed by atoms with Crippen molar-refractivity contribution in [2.75, 3.05) is 0 Å². The molecule has 0 saturated carbocycles. The van der Waals surface area contributed by atoms with Gasteiger partial charge in [0.25, 0.3) is 0 Å². The SMILES string of the molecule is CC(C)(C)C(=O)NC(C)(C)C(C)(C)C. The van der Waals surface area contributed by atoms with E-state index < -0.39 is 0 Å². The van der Waals surface area contributed by atoms with Gasteiger partial charge in [-0.25, -0.2) is 0 Å². The minimum atomic E-state index is -0.317. The summed E-state index contributed by atoms with van der Waals surface area (Å²) < 4.78 is 0. The molecule has 2 nitrogen and oxygen atoms in total. The van der Waals surface area contributed by atoms with Gasteiger partial charge in [-0.05, 0) is 19.3 Å². The second-order valence-corrected chi connectivity index (χ2v) is 6.58. The van der Waals surface area contributed by atoms with Gasteiger partial charge in [0.1, 0.15) is 0 Å². The number of carbonyl (C=O) groups excluding carboxylic acids is 1. The summed E-state index contributed by atoms with van der Waals surface area (Å²) in [6.07, 6.45) is 0. The molecule has 0 saturated heterocycles. The zero-order chi connectivity index (χ0) is 11.8. The van der Waals surface area contributed by atoms with Gasteiger partial charge in [-0.15, -0.1) is 0 Å². The van der Waals surface area contributed by atoms with Gasteiger partial charge in [-0.2, -0.15) is 0 Å². The number of hydrogen-bond acceptors (Lipinski definition) is 1. The minimum Gasteiger partial charge on any atom is -0.350 e. The highest BCUT2D eigenvalue weighted by Gasteiger charge is 2.36. The van der Waals surface area contributed by atoms with Crippen LogP contribution < -0.4 is 5.32 Å². The zero-order valence-electron chi connectivity index (χ0n) is 10.9. The van der Waals surface area contributed by atoms with Crippen LogP contribution in [0.15, 0.2) is 0 Å². The lowest BCUT2D eigenvalue weighted by atomic mass is 9.75.